The second kappa shape index (κ2) is 6.24. The molecular formula is C16H19N5O4. The first kappa shape index (κ1) is 16.2. The molecule has 4 N–H and O–H groups in total. The van der Waals surface area contributed by atoms with Gasteiger partial charge in [0.2, 0.25) is 0 Å². The number of hydrogen-bond acceptors (Lipinski definition) is 8. The van der Waals surface area contributed by atoms with Gasteiger partial charge in [-0.1, -0.05) is 5.92 Å². The lowest BCUT2D eigenvalue weighted by Gasteiger charge is -2.18. The molecule has 25 heavy (non-hydrogen) atoms. The van der Waals surface area contributed by atoms with Crippen LogP contribution in [0, 0.1) is 12.3 Å². The second-order valence-electron chi connectivity index (χ2n) is 6.39. The van der Waals surface area contributed by atoms with E-state index in [0.29, 0.717) is 17.0 Å². The summed E-state index contributed by atoms with van der Waals surface area (Å²) in [6.45, 7) is 0. The van der Waals surface area contributed by atoms with Crippen molar-refractivity contribution in [3.63, 3.8) is 0 Å². The smallest absolute Gasteiger partial charge is 0.167 e. The highest BCUT2D eigenvalue weighted by Crippen LogP contribution is 2.32. The molecule has 0 spiro atoms. The minimum absolute atomic E-state index is 0.0794. The van der Waals surface area contributed by atoms with Crippen LogP contribution in [0.3, 0.4) is 0 Å². The van der Waals surface area contributed by atoms with Crippen molar-refractivity contribution >= 4 is 17.0 Å². The van der Waals surface area contributed by atoms with Gasteiger partial charge in [-0.05, 0) is 19.3 Å². The molecule has 2 fully saturated rings. The number of aliphatic hydroxyl groups is 3. The third-order valence-corrected chi connectivity index (χ3v) is 4.84. The Labute approximate surface area is 143 Å². The van der Waals surface area contributed by atoms with E-state index in [1.165, 1.54) is 17.2 Å². The number of anilines is 1. The van der Waals surface area contributed by atoms with Crippen molar-refractivity contribution in [1.29, 1.82) is 0 Å². The lowest BCUT2D eigenvalue weighted by atomic mass is 10.1. The number of terminal acetylenes is 1. The number of aliphatic hydroxyl groups excluding tert-OH is 3. The van der Waals surface area contributed by atoms with Crippen LogP contribution >= 0.6 is 0 Å². The quantitative estimate of drug-likeness (QED) is 0.544. The summed E-state index contributed by atoms with van der Waals surface area (Å²) in [5, 5.41) is 33.4. The fourth-order valence-corrected chi connectivity index (χ4v) is 3.46. The van der Waals surface area contributed by atoms with Crippen LogP contribution in [0.5, 0.6) is 0 Å². The summed E-state index contributed by atoms with van der Waals surface area (Å²) >= 11 is 0. The van der Waals surface area contributed by atoms with E-state index in [-0.39, 0.29) is 6.04 Å². The van der Waals surface area contributed by atoms with Gasteiger partial charge in [0.1, 0.15) is 24.6 Å². The number of aromatic nitrogens is 4. The van der Waals surface area contributed by atoms with Gasteiger partial charge in [0.25, 0.3) is 0 Å². The van der Waals surface area contributed by atoms with Gasteiger partial charge < -0.3 is 25.4 Å². The molecule has 9 heteroatoms. The van der Waals surface area contributed by atoms with Crippen LogP contribution < -0.4 is 5.32 Å². The average molecular weight is 345 g/mol. The predicted molar refractivity (Wildman–Crippen MR) is 87.3 cm³/mol. The Morgan fingerprint density at radius 1 is 1.20 bits per heavy atom. The zero-order valence-corrected chi connectivity index (χ0v) is 13.4. The van der Waals surface area contributed by atoms with Crippen LogP contribution in [0.15, 0.2) is 12.7 Å². The first-order valence-electron chi connectivity index (χ1n) is 8.20. The molecular weight excluding hydrogens is 326 g/mol. The normalized spacial score (nSPS) is 35.1. The zero-order chi connectivity index (χ0) is 17.6. The Morgan fingerprint density at radius 3 is 2.72 bits per heavy atom. The lowest BCUT2D eigenvalue weighted by molar-refractivity contribution is -0.0230. The molecule has 0 radical (unpaired) electrons. The summed E-state index contributed by atoms with van der Waals surface area (Å²) < 4.78 is 7.07. The third-order valence-electron chi connectivity index (χ3n) is 4.84. The van der Waals surface area contributed by atoms with Crippen LogP contribution in [0.2, 0.25) is 0 Å². The van der Waals surface area contributed by atoms with Crippen molar-refractivity contribution in [2.24, 2.45) is 0 Å². The molecule has 2 aromatic rings. The molecule has 2 unspecified atom stereocenters. The number of nitrogens with one attached hydrogen (secondary N) is 1. The SMILES string of the molecule is C#C[C@H]1O[C@@H](n2cnc3c(N[C@H]4CCC[C@@H]4O)ncnc32)C(O)C1O. The highest BCUT2D eigenvalue weighted by atomic mass is 16.6. The number of ether oxygens (including phenoxy) is 1. The van der Waals surface area contributed by atoms with Gasteiger partial charge in [-0.25, -0.2) is 15.0 Å². The van der Waals surface area contributed by atoms with E-state index in [9.17, 15) is 15.3 Å². The molecule has 1 aliphatic carbocycles. The number of nitrogens with zero attached hydrogens (tertiary/aromatic N) is 4. The monoisotopic (exact) mass is 345 g/mol. The van der Waals surface area contributed by atoms with Gasteiger partial charge in [0.15, 0.2) is 23.2 Å². The minimum Gasteiger partial charge on any atom is -0.391 e. The molecule has 4 rings (SSSR count). The van der Waals surface area contributed by atoms with Gasteiger partial charge in [-0.3, -0.25) is 4.57 Å². The minimum atomic E-state index is -1.19. The Kier molecular flexibility index (Phi) is 4.05. The summed E-state index contributed by atoms with van der Waals surface area (Å²) in [7, 11) is 0. The molecule has 1 aliphatic heterocycles. The van der Waals surface area contributed by atoms with Crippen molar-refractivity contribution in [1.82, 2.24) is 19.5 Å². The molecule has 1 saturated carbocycles. The van der Waals surface area contributed by atoms with E-state index in [1.807, 2.05) is 0 Å². The fourth-order valence-electron chi connectivity index (χ4n) is 3.46. The van der Waals surface area contributed by atoms with E-state index in [2.05, 4.69) is 26.2 Å². The van der Waals surface area contributed by atoms with Crippen molar-refractivity contribution < 1.29 is 20.1 Å². The van der Waals surface area contributed by atoms with Gasteiger partial charge in [0.05, 0.1) is 18.5 Å². The Balaban J connectivity index is 1.66. The highest BCUT2D eigenvalue weighted by molar-refractivity contribution is 5.82. The maximum Gasteiger partial charge on any atom is 0.167 e. The molecule has 2 aromatic heterocycles. The number of fused-ring (bicyclic) bond motifs is 1. The summed E-state index contributed by atoms with van der Waals surface area (Å²) in [6.07, 6.45) is 6.15. The van der Waals surface area contributed by atoms with E-state index in [0.717, 1.165) is 19.3 Å². The molecule has 2 aliphatic rings. The number of imidazole rings is 1. The molecule has 0 amide bonds. The Hall–Kier alpha value is -2.25. The van der Waals surface area contributed by atoms with Crippen LogP contribution in [-0.4, -0.2) is 65.3 Å². The Bertz CT molecular complexity index is 818. The summed E-state index contributed by atoms with van der Waals surface area (Å²) in [5.74, 6) is 2.82. The molecule has 0 aromatic carbocycles. The number of rotatable bonds is 3. The first-order chi connectivity index (χ1) is 12.1. The van der Waals surface area contributed by atoms with Crippen molar-refractivity contribution in [3.8, 4) is 12.3 Å². The van der Waals surface area contributed by atoms with Crippen molar-refractivity contribution in [2.45, 2.75) is 55.9 Å². The standard InChI is InChI=1S/C16H19N5O4/c1-2-10-12(23)13(24)16(25-10)21-7-19-11-14(17-6-18-15(11)21)20-8-4-3-5-9(8)22/h1,6-10,12-13,16,22-24H,3-5H2,(H,17,18,20)/t8-,9-,10+,12?,13?,16+/m0/s1. The molecule has 3 heterocycles. The fraction of sp³-hybridized carbons (Fsp3) is 0.562. The molecule has 6 atom stereocenters. The summed E-state index contributed by atoms with van der Waals surface area (Å²) in [4.78, 5) is 12.7. The van der Waals surface area contributed by atoms with E-state index >= 15 is 0 Å². The maximum atomic E-state index is 10.2. The highest BCUT2D eigenvalue weighted by Gasteiger charge is 2.43. The van der Waals surface area contributed by atoms with E-state index in [1.54, 1.807) is 0 Å². The van der Waals surface area contributed by atoms with Gasteiger partial charge >= 0.3 is 0 Å². The predicted octanol–water partition coefficient (Wildman–Crippen LogP) is -0.596. The van der Waals surface area contributed by atoms with Gasteiger partial charge in [0, 0.05) is 0 Å². The van der Waals surface area contributed by atoms with Gasteiger partial charge in [-0.2, -0.15) is 0 Å². The molecule has 1 saturated heterocycles. The molecule has 0 bridgehead atoms. The van der Waals surface area contributed by atoms with Crippen molar-refractivity contribution in [2.75, 3.05) is 5.32 Å². The molecule has 9 nitrogen and oxygen atoms in total. The Morgan fingerprint density at radius 2 is 2.04 bits per heavy atom. The van der Waals surface area contributed by atoms with Crippen molar-refractivity contribution in [3.05, 3.63) is 12.7 Å². The van der Waals surface area contributed by atoms with Crippen LogP contribution in [0.4, 0.5) is 5.82 Å². The first-order valence-corrected chi connectivity index (χ1v) is 8.20. The number of hydrogen-bond donors (Lipinski definition) is 4. The topological polar surface area (TPSA) is 126 Å². The lowest BCUT2D eigenvalue weighted by Crippen LogP contribution is -2.30. The zero-order valence-electron chi connectivity index (χ0n) is 13.4. The van der Waals surface area contributed by atoms with Crippen LogP contribution in [0.1, 0.15) is 25.5 Å². The summed E-state index contributed by atoms with van der Waals surface area (Å²) in [5.41, 5.74) is 0.940. The van der Waals surface area contributed by atoms with E-state index in [4.69, 9.17) is 11.2 Å². The van der Waals surface area contributed by atoms with E-state index < -0.39 is 30.6 Å². The second-order valence-corrected chi connectivity index (χ2v) is 6.39. The van der Waals surface area contributed by atoms with Gasteiger partial charge in [-0.15, -0.1) is 6.42 Å². The third kappa shape index (κ3) is 2.63. The average Bonchev–Trinajstić information content (AvgIpc) is 3.29. The van der Waals surface area contributed by atoms with Crippen LogP contribution in [-0.2, 0) is 4.74 Å². The molecule has 132 valence electrons. The van der Waals surface area contributed by atoms with Crippen LogP contribution in [0.25, 0.3) is 11.2 Å². The maximum absolute atomic E-state index is 10.2. The largest absolute Gasteiger partial charge is 0.391 e. The summed E-state index contributed by atoms with van der Waals surface area (Å²) in [6, 6.07) is -0.0794.